The summed E-state index contributed by atoms with van der Waals surface area (Å²) in [4.78, 5) is 33.2. The lowest BCUT2D eigenvalue weighted by atomic mass is 10.1. The lowest BCUT2D eigenvalue weighted by molar-refractivity contribution is -0.144. The van der Waals surface area contributed by atoms with E-state index in [0.29, 0.717) is 13.2 Å². The van der Waals surface area contributed by atoms with Gasteiger partial charge in [-0.15, -0.1) is 0 Å². The van der Waals surface area contributed by atoms with Crippen molar-refractivity contribution in [2.45, 2.75) is 26.3 Å². The molecule has 1 aromatic carbocycles. The van der Waals surface area contributed by atoms with E-state index in [0.717, 1.165) is 5.56 Å². The number of amides is 1. The van der Waals surface area contributed by atoms with Crippen molar-refractivity contribution in [3.63, 3.8) is 0 Å². The van der Waals surface area contributed by atoms with Crippen LogP contribution in [0.2, 0.25) is 0 Å². The van der Waals surface area contributed by atoms with E-state index in [-0.39, 0.29) is 24.3 Å². The number of aromatic carboxylic acids is 1. The zero-order chi connectivity index (χ0) is 15.0. The van der Waals surface area contributed by atoms with Gasteiger partial charge in [-0.2, -0.15) is 0 Å². The van der Waals surface area contributed by atoms with Crippen molar-refractivity contribution in [3.8, 4) is 0 Å². The summed E-state index contributed by atoms with van der Waals surface area (Å²) >= 11 is 0. The first-order chi connectivity index (χ1) is 9.52. The zero-order valence-electron chi connectivity index (χ0n) is 11.2. The van der Waals surface area contributed by atoms with Crippen molar-refractivity contribution in [1.82, 2.24) is 5.32 Å². The van der Waals surface area contributed by atoms with Crippen LogP contribution in [0.25, 0.3) is 0 Å². The summed E-state index contributed by atoms with van der Waals surface area (Å²) in [5.41, 5.74) is 0.988. The molecule has 6 heteroatoms. The molecule has 0 aliphatic carbocycles. The first-order valence-corrected chi connectivity index (χ1v) is 6.27. The van der Waals surface area contributed by atoms with Crippen LogP contribution in [0.15, 0.2) is 24.3 Å². The normalized spacial score (nSPS) is 9.85. The number of carbonyl (C=O) groups is 3. The molecule has 0 heterocycles. The number of carboxylic acid groups (broad SMARTS) is 1. The van der Waals surface area contributed by atoms with Crippen LogP contribution >= 0.6 is 0 Å². The Hall–Kier alpha value is -2.37. The van der Waals surface area contributed by atoms with E-state index in [1.165, 1.54) is 12.1 Å². The highest BCUT2D eigenvalue weighted by atomic mass is 16.5. The minimum atomic E-state index is -0.991. The summed E-state index contributed by atoms with van der Waals surface area (Å²) in [6, 6.07) is 6.22. The first kappa shape index (κ1) is 15.7. The molecule has 0 atom stereocenters. The zero-order valence-corrected chi connectivity index (χ0v) is 11.2. The summed E-state index contributed by atoms with van der Waals surface area (Å²) in [7, 11) is 0. The van der Waals surface area contributed by atoms with E-state index in [9.17, 15) is 14.4 Å². The van der Waals surface area contributed by atoms with Gasteiger partial charge in [0.05, 0.1) is 18.6 Å². The highest BCUT2D eigenvalue weighted by molar-refractivity contribution is 5.87. The van der Waals surface area contributed by atoms with Crippen molar-refractivity contribution in [2.75, 3.05) is 6.61 Å². The summed E-state index contributed by atoms with van der Waals surface area (Å²) in [6.07, 6.45) is 0.129. The second kappa shape index (κ2) is 7.93. The molecule has 0 aromatic heterocycles. The minimum Gasteiger partial charge on any atom is -0.478 e. The molecule has 0 saturated carbocycles. The molecule has 20 heavy (non-hydrogen) atoms. The second-order valence-corrected chi connectivity index (χ2v) is 4.08. The smallest absolute Gasteiger partial charge is 0.335 e. The quantitative estimate of drug-likeness (QED) is 0.735. The number of carbonyl (C=O) groups excluding carboxylic acids is 2. The third-order valence-electron chi connectivity index (χ3n) is 2.55. The molecule has 0 spiro atoms. The Kier molecular flexibility index (Phi) is 6.22. The van der Waals surface area contributed by atoms with Gasteiger partial charge in [-0.1, -0.05) is 12.1 Å². The summed E-state index contributed by atoms with van der Waals surface area (Å²) < 4.78 is 4.72. The van der Waals surface area contributed by atoms with E-state index in [1.807, 2.05) is 0 Å². The summed E-state index contributed by atoms with van der Waals surface area (Å²) in [5, 5.41) is 11.4. The molecule has 0 bridgehead atoms. The Balaban J connectivity index is 2.33. The number of hydrogen-bond acceptors (Lipinski definition) is 4. The van der Waals surface area contributed by atoms with Crippen LogP contribution in [-0.4, -0.2) is 29.6 Å². The second-order valence-electron chi connectivity index (χ2n) is 4.08. The van der Waals surface area contributed by atoms with Crippen molar-refractivity contribution in [2.24, 2.45) is 0 Å². The van der Waals surface area contributed by atoms with E-state index >= 15 is 0 Å². The van der Waals surface area contributed by atoms with Crippen LogP contribution in [0.5, 0.6) is 0 Å². The molecule has 1 rings (SSSR count). The molecule has 1 amide bonds. The number of esters is 1. The van der Waals surface area contributed by atoms with E-state index in [1.54, 1.807) is 19.1 Å². The van der Waals surface area contributed by atoms with Crippen molar-refractivity contribution in [1.29, 1.82) is 0 Å². The lowest BCUT2D eigenvalue weighted by Gasteiger charge is -2.05. The number of benzene rings is 1. The van der Waals surface area contributed by atoms with Gasteiger partial charge >= 0.3 is 11.9 Å². The largest absolute Gasteiger partial charge is 0.478 e. The van der Waals surface area contributed by atoms with Gasteiger partial charge in [0, 0.05) is 13.0 Å². The molecule has 108 valence electrons. The molecular formula is C14H17NO5. The fourth-order valence-corrected chi connectivity index (χ4v) is 1.50. The number of carboxylic acids is 1. The third-order valence-corrected chi connectivity index (χ3v) is 2.55. The summed E-state index contributed by atoms with van der Waals surface area (Å²) in [6.45, 7) is 2.30. The molecule has 0 unspecified atom stereocenters. The number of ether oxygens (including phenoxy) is 1. The monoisotopic (exact) mass is 279 g/mol. The van der Waals surface area contributed by atoms with Crippen LogP contribution in [0.1, 0.15) is 35.7 Å². The molecule has 6 nitrogen and oxygen atoms in total. The summed E-state index contributed by atoms with van der Waals surface area (Å²) in [5.74, 6) is -1.64. The molecule has 0 aliphatic heterocycles. The SMILES string of the molecule is CCOC(=O)CCC(=O)NCc1ccc(C(=O)O)cc1. The highest BCUT2D eigenvalue weighted by Crippen LogP contribution is 2.04. The van der Waals surface area contributed by atoms with Crippen molar-refractivity contribution < 1.29 is 24.2 Å². The van der Waals surface area contributed by atoms with Crippen LogP contribution in [-0.2, 0) is 20.9 Å². The lowest BCUT2D eigenvalue weighted by Crippen LogP contribution is -2.23. The standard InChI is InChI=1S/C14H17NO5/c1-2-20-13(17)8-7-12(16)15-9-10-3-5-11(6-4-10)14(18)19/h3-6H,2,7-9H2,1H3,(H,15,16)(H,18,19). The molecular weight excluding hydrogens is 262 g/mol. The Morgan fingerprint density at radius 3 is 2.35 bits per heavy atom. The molecule has 1 aromatic rings. The van der Waals surface area contributed by atoms with Crippen molar-refractivity contribution >= 4 is 17.8 Å². The fraction of sp³-hybridized carbons (Fsp3) is 0.357. The fourth-order valence-electron chi connectivity index (χ4n) is 1.50. The Labute approximate surface area is 116 Å². The average molecular weight is 279 g/mol. The highest BCUT2D eigenvalue weighted by Gasteiger charge is 2.07. The van der Waals surface area contributed by atoms with Gasteiger partial charge in [0.15, 0.2) is 0 Å². The van der Waals surface area contributed by atoms with Gasteiger partial charge in [0.2, 0.25) is 5.91 Å². The minimum absolute atomic E-state index is 0.0532. The first-order valence-electron chi connectivity index (χ1n) is 6.27. The van der Waals surface area contributed by atoms with E-state index < -0.39 is 11.9 Å². The maximum Gasteiger partial charge on any atom is 0.335 e. The molecule has 0 aliphatic rings. The van der Waals surface area contributed by atoms with Crippen LogP contribution in [0.4, 0.5) is 0 Å². The van der Waals surface area contributed by atoms with Crippen LogP contribution in [0.3, 0.4) is 0 Å². The Morgan fingerprint density at radius 1 is 1.15 bits per heavy atom. The van der Waals surface area contributed by atoms with Gasteiger partial charge in [-0.05, 0) is 24.6 Å². The van der Waals surface area contributed by atoms with Crippen LogP contribution in [0, 0.1) is 0 Å². The maximum absolute atomic E-state index is 11.5. The van der Waals surface area contributed by atoms with Gasteiger partial charge in [-0.3, -0.25) is 9.59 Å². The average Bonchev–Trinajstić information content (AvgIpc) is 2.43. The Morgan fingerprint density at radius 2 is 1.80 bits per heavy atom. The maximum atomic E-state index is 11.5. The number of nitrogens with one attached hydrogen (secondary N) is 1. The predicted octanol–water partition coefficient (Wildman–Crippen LogP) is 1.34. The topological polar surface area (TPSA) is 92.7 Å². The Bertz CT molecular complexity index is 481. The van der Waals surface area contributed by atoms with Crippen LogP contribution < -0.4 is 5.32 Å². The van der Waals surface area contributed by atoms with Gasteiger partial charge < -0.3 is 15.2 Å². The van der Waals surface area contributed by atoms with Crippen molar-refractivity contribution in [3.05, 3.63) is 35.4 Å². The van der Waals surface area contributed by atoms with Gasteiger partial charge in [0.25, 0.3) is 0 Å². The molecule has 0 saturated heterocycles. The van der Waals surface area contributed by atoms with E-state index in [4.69, 9.17) is 9.84 Å². The number of rotatable bonds is 7. The van der Waals surface area contributed by atoms with E-state index in [2.05, 4.69) is 5.32 Å². The number of hydrogen-bond donors (Lipinski definition) is 2. The molecule has 2 N–H and O–H groups in total. The van der Waals surface area contributed by atoms with Gasteiger partial charge in [0.1, 0.15) is 0 Å². The predicted molar refractivity (Wildman–Crippen MR) is 71.1 cm³/mol. The molecule has 0 radical (unpaired) electrons. The van der Waals surface area contributed by atoms with Gasteiger partial charge in [-0.25, -0.2) is 4.79 Å². The third kappa shape index (κ3) is 5.51. The molecule has 0 fully saturated rings.